The summed E-state index contributed by atoms with van der Waals surface area (Å²) in [6, 6.07) is 1.73. The van der Waals surface area contributed by atoms with Crippen molar-refractivity contribution in [2.24, 2.45) is 5.92 Å². The van der Waals surface area contributed by atoms with E-state index in [0.717, 1.165) is 31.4 Å². The van der Waals surface area contributed by atoms with E-state index in [-0.39, 0.29) is 12.0 Å². The molecule has 2 rings (SSSR count). The van der Waals surface area contributed by atoms with Gasteiger partial charge in [0.05, 0.1) is 11.7 Å². The van der Waals surface area contributed by atoms with Gasteiger partial charge in [0.25, 0.3) is 5.91 Å². The van der Waals surface area contributed by atoms with Gasteiger partial charge >= 0.3 is 0 Å². The van der Waals surface area contributed by atoms with E-state index in [9.17, 15) is 9.90 Å². The summed E-state index contributed by atoms with van der Waals surface area (Å²) in [7, 11) is 0. The smallest absolute Gasteiger partial charge is 0.254 e. The average Bonchev–Trinajstić information content (AvgIpc) is 2.73. The van der Waals surface area contributed by atoms with Crippen LogP contribution in [0.15, 0.2) is 16.7 Å². The number of hydrogen-bond acceptors (Lipinski definition) is 3. The van der Waals surface area contributed by atoms with Gasteiger partial charge in [-0.05, 0) is 38.2 Å². The van der Waals surface area contributed by atoms with E-state index in [4.69, 9.17) is 4.42 Å². The Balaban J connectivity index is 1.80. The molecule has 1 aliphatic rings. The molecule has 0 spiro atoms. The van der Waals surface area contributed by atoms with Gasteiger partial charge in [-0.25, -0.2) is 0 Å². The van der Waals surface area contributed by atoms with Crippen LogP contribution in [0.5, 0.6) is 0 Å². The van der Waals surface area contributed by atoms with Crippen molar-refractivity contribution in [2.45, 2.75) is 38.7 Å². The second-order valence-electron chi connectivity index (χ2n) is 4.84. The Kier molecular flexibility index (Phi) is 3.84. The molecule has 1 amide bonds. The van der Waals surface area contributed by atoms with Crippen LogP contribution in [-0.2, 0) is 0 Å². The van der Waals surface area contributed by atoms with Crippen LogP contribution >= 0.6 is 0 Å². The summed E-state index contributed by atoms with van der Waals surface area (Å²) in [6.45, 7) is 2.45. The number of nitrogens with one attached hydrogen (secondary N) is 1. The molecule has 0 bridgehead atoms. The molecule has 0 radical (unpaired) electrons. The lowest BCUT2D eigenvalue weighted by Crippen LogP contribution is -2.32. The number of rotatable bonds is 3. The molecular weight excluding hydrogens is 218 g/mol. The maximum Gasteiger partial charge on any atom is 0.254 e. The molecule has 4 heteroatoms. The van der Waals surface area contributed by atoms with E-state index in [0.29, 0.717) is 18.0 Å². The molecule has 1 fully saturated rings. The van der Waals surface area contributed by atoms with Gasteiger partial charge in [-0.1, -0.05) is 6.42 Å². The summed E-state index contributed by atoms with van der Waals surface area (Å²) in [5.74, 6) is 1.04. The molecule has 1 aromatic rings. The average molecular weight is 237 g/mol. The van der Waals surface area contributed by atoms with E-state index >= 15 is 0 Å². The van der Waals surface area contributed by atoms with Gasteiger partial charge in [-0.2, -0.15) is 0 Å². The standard InChI is InChI=1S/C13H19NO3/c1-9-5-11(8-17-9)13(16)14-7-10-3-2-4-12(15)6-10/h5,8,10,12,15H,2-4,6-7H2,1H3,(H,14,16). The van der Waals surface area contributed by atoms with E-state index < -0.39 is 0 Å². The maximum absolute atomic E-state index is 11.7. The predicted molar refractivity (Wildman–Crippen MR) is 63.7 cm³/mol. The molecule has 1 aromatic heterocycles. The molecule has 0 saturated heterocycles. The molecule has 2 unspecified atom stereocenters. The molecule has 4 nitrogen and oxygen atoms in total. The zero-order valence-corrected chi connectivity index (χ0v) is 10.1. The zero-order chi connectivity index (χ0) is 12.3. The largest absolute Gasteiger partial charge is 0.469 e. The van der Waals surface area contributed by atoms with Gasteiger partial charge in [-0.15, -0.1) is 0 Å². The van der Waals surface area contributed by atoms with E-state index in [1.165, 1.54) is 6.26 Å². The van der Waals surface area contributed by atoms with E-state index in [1.807, 2.05) is 6.92 Å². The fourth-order valence-corrected chi connectivity index (χ4v) is 2.35. The molecule has 1 heterocycles. The molecule has 2 atom stereocenters. The quantitative estimate of drug-likeness (QED) is 0.843. The van der Waals surface area contributed by atoms with Crippen molar-refractivity contribution in [3.05, 3.63) is 23.7 Å². The molecule has 1 saturated carbocycles. The van der Waals surface area contributed by atoms with Gasteiger partial charge < -0.3 is 14.8 Å². The van der Waals surface area contributed by atoms with Crippen LogP contribution in [0.25, 0.3) is 0 Å². The lowest BCUT2D eigenvalue weighted by atomic mass is 9.87. The fourth-order valence-electron chi connectivity index (χ4n) is 2.35. The van der Waals surface area contributed by atoms with Crippen LogP contribution in [0.3, 0.4) is 0 Å². The highest BCUT2D eigenvalue weighted by atomic mass is 16.3. The van der Waals surface area contributed by atoms with Gasteiger partial charge in [0, 0.05) is 6.54 Å². The summed E-state index contributed by atoms with van der Waals surface area (Å²) >= 11 is 0. The summed E-state index contributed by atoms with van der Waals surface area (Å²) < 4.78 is 5.09. The first kappa shape index (κ1) is 12.2. The van der Waals surface area contributed by atoms with Gasteiger partial charge in [-0.3, -0.25) is 4.79 Å². The minimum Gasteiger partial charge on any atom is -0.469 e. The molecular formula is C13H19NO3. The normalized spacial score (nSPS) is 24.6. The Bertz CT molecular complexity index is 386. The molecule has 17 heavy (non-hydrogen) atoms. The first-order chi connectivity index (χ1) is 8.15. The summed E-state index contributed by atoms with van der Waals surface area (Å²) in [6.07, 6.45) is 5.10. The van der Waals surface area contributed by atoms with Crippen molar-refractivity contribution >= 4 is 5.91 Å². The highest BCUT2D eigenvalue weighted by Gasteiger charge is 2.20. The Hall–Kier alpha value is -1.29. The monoisotopic (exact) mass is 237 g/mol. The lowest BCUT2D eigenvalue weighted by Gasteiger charge is -2.25. The van der Waals surface area contributed by atoms with Crippen LogP contribution in [0.2, 0.25) is 0 Å². The van der Waals surface area contributed by atoms with Crippen molar-refractivity contribution in [2.75, 3.05) is 6.54 Å². The highest BCUT2D eigenvalue weighted by molar-refractivity contribution is 5.93. The Morgan fingerprint density at radius 1 is 1.59 bits per heavy atom. The first-order valence-corrected chi connectivity index (χ1v) is 6.16. The number of aliphatic hydroxyl groups is 1. The van der Waals surface area contributed by atoms with Crippen molar-refractivity contribution in [1.82, 2.24) is 5.32 Å². The van der Waals surface area contributed by atoms with E-state index in [1.54, 1.807) is 6.07 Å². The number of carbonyl (C=O) groups excluding carboxylic acids is 1. The minimum atomic E-state index is -0.193. The van der Waals surface area contributed by atoms with Crippen LogP contribution in [0.1, 0.15) is 41.8 Å². The summed E-state index contributed by atoms with van der Waals surface area (Å²) in [5.41, 5.74) is 0.568. The minimum absolute atomic E-state index is 0.0955. The van der Waals surface area contributed by atoms with Gasteiger partial charge in [0.15, 0.2) is 0 Å². The number of aliphatic hydroxyl groups excluding tert-OH is 1. The second kappa shape index (κ2) is 5.36. The maximum atomic E-state index is 11.7. The van der Waals surface area contributed by atoms with Crippen molar-refractivity contribution < 1.29 is 14.3 Å². The molecule has 94 valence electrons. The molecule has 0 aromatic carbocycles. The Labute approximate surface area is 101 Å². The fraction of sp³-hybridized carbons (Fsp3) is 0.615. The van der Waals surface area contributed by atoms with Crippen molar-refractivity contribution in [3.8, 4) is 0 Å². The predicted octanol–water partition coefficient (Wildman–Crippen LogP) is 1.87. The van der Waals surface area contributed by atoms with Gasteiger partial charge in [0.1, 0.15) is 12.0 Å². The number of hydrogen-bond donors (Lipinski definition) is 2. The summed E-state index contributed by atoms with van der Waals surface area (Å²) in [4.78, 5) is 11.7. The Morgan fingerprint density at radius 3 is 3.06 bits per heavy atom. The van der Waals surface area contributed by atoms with Gasteiger partial charge in [0.2, 0.25) is 0 Å². The third-order valence-corrected chi connectivity index (χ3v) is 3.30. The summed E-state index contributed by atoms with van der Waals surface area (Å²) in [5, 5.41) is 12.4. The lowest BCUT2D eigenvalue weighted by molar-refractivity contribution is 0.0873. The Morgan fingerprint density at radius 2 is 2.41 bits per heavy atom. The molecule has 2 N–H and O–H groups in total. The second-order valence-corrected chi connectivity index (χ2v) is 4.84. The highest BCUT2D eigenvalue weighted by Crippen LogP contribution is 2.23. The third-order valence-electron chi connectivity index (χ3n) is 3.30. The third kappa shape index (κ3) is 3.33. The van der Waals surface area contributed by atoms with Crippen LogP contribution in [-0.4, -0.2) is 23.7 Å². The van der Waals surface area contributed by atoms with Crippen LogP contribution in [0.4, 0.5) is 0 Å². The van der Waals surface area contributed by atoms with E-state index in [2.05, 4.69) is 5.32 Å². The number of furan rings is 1. The number of carbonyl (C=O) groups is 1. The number of amides is 1. The zero-order valence-electron chi connectivity index (χ0n) is 10.1. The first-order valence-electron chi connectivity index (χ1n) is 6.16. The van der Waals surface area contributed by atoms with Crippen LogP contribution in [0, 0.1) is 12.8 Å². The SMILES string of the molecule is Cc1cc(C(=O)NCC2CCCC(O)C2)co1. The number of aryl methyl sites for hydroxylation is 1. The van der Waals surface area contributed by atoms with Crippen LogP contribution < -0.4 is 5.32 Å². The molecule has 0 aliphatic heterocycles. The van der Waals surface area contributed by atoms with Crippen molar-refractivity contribution in [1.29, 1.82) is 0 Å². The van der Waals surface area contributed by atoms with Crippen molar-refractivity contribution in [3.63, 3.8) is 0 Å². The topological polar surface area (TPSA) is 62.5 Å². The molecule has 1 aliphatic carbocycles.